The summed E-state index contributed by atoms with van der Waals surface area (Å²) < 4.78 is 0. The minimum atomic E-state index is 0. The van der Waals surface area contributed by atoms with Crippen molar-refractivity contribution < 1.29 is 4.79 Å². The van der Waals surface area contributed by atoms with E-state index in [4.69, 9.17) is 0 Å². The number of carbonyl (C=O) groups excluding carboxylic acids is 1. The van der Waals surface area contributed by atoms with E-state index in [1.54, 1.807) is 0 Å². The van der Waals surface area contributed by atoms with Crippen LogP contribution in [0.5, 0.6) is 0 Å². The third-order valence-electron chi connectivity index (χ3n) is 3.66. The second kappa shape index (κ2) is 7.51. The minimum absolute atomic E-state index is 0. The van der Waals surface area contributed by atoms with E-state index in [-0.39, 0.29) is 18.3 Å². The molecule has 1 aromatic rings. The van der Waals surface area contributed by atoms with E-state index in [0.29, 0.717) is 0 Å². The van der Waals surface area contributed by atoms with Crippen molar-refractivity contribution in [1.82, 2.24) is 10.2 Å². The summed E-state index contributed by atoms with van der Waals surface area (Å²) in [5, 5.41) is 3.22. The molecule has 0 aliphatic carbocycles. The summed E-state index contributed by atoms with van der Waals surface area (Å²) in [5.74, 6) is 0.901. The number of hydrogen-bond acceptors (Lipinski definition) is 2. The standard InChI is InChI=1S/C15H22N2O.ClH/c1-12-4-3-5-14(10-12)15(18)17-8-6-13(7-9-17)11-16-2;/h3-5,10,13,16H,6-9,11H2,1-2H3;1H. The number of nitrogens with one attached hydrogen (secondary N) is 1. The molecule has 1 saturated heterocycles. The monoisotopic (exact) mass is 282 g/mol. The zero-order valence-electron chi connectivity index (χ0n) is 11.7. The van der Waals surface area contributed by atoms with Crippen LogP contribution in [0.25, 0.3) is 0 Å². The van der Waals surface area contributed by atoms with Crippen LogP contribution in [-0.2, 0) is 0 Å². The van der Waals surface area contributed by atoms with Gasteiger partial charge in [-0.05, 0) is 51.4 Å². The molecular weight excluding hydrogens is 260 g/mol. The van der Waals surface area contributed by atoms with Crippen LogP contribution in [0.15, 0.2) is 24.3 Å². The molecule has 1 aromatic carbocycles. The predicted molar refractivity (Wildman–Crippen MR) is 81.0 cm³/mol. The Bertz CT molecular complexity index is 414. The Morgan fingerprint density at radius 2 is 2.05 bits per heavy atom. The largest absolute Gasteiger partial charge is 0.339 e. The van der Waals surface area contributed by atoms with E-state index >= 15 is 0 Å². The van der Waals surface area contributed by atoms with Crippen LogP contribution in [0.2, 0.25) is 0 Å². The van der Waals surface area contributed by atoms with Gasteiger partial charge in [0.2, 0.25) is 0 Å². The highest BCUT2D eigenvalue weighted by Crippen LogP contribution is 2.18. The summed E-state index contributed by atoms with van der Waals surface area (Å²) in [4.78, 5) is 14.3. The zero-order valence-corrected chi connectivity index (χ0v) is 12.5. The van der Waals surface area contributed by atoms with Gasteiger partial charge in [0.05, 0.1) is 0 Å². The molecule has 0 atom stereocenters. The molecule has 0 spiro atoms. The number of aryl methyl sites for hydroxylation is 1. The number of hydrogen-bond donors (Lipinski definition) is 1. The highest BCUT2D eigenvalue weighted by atomic mass is 35.5. The first-order valence-corrected chi connectivity index (χ1v) is 6.71. The van der Waals surface area contributed by atoms with Crippen molar-refractivity contribution in [3.8, 4) is 0 Å². The van der Waals surface area contributed by atoms with Crippen molar-refractivity contribution in [2.24, 2.45) is 5.92 Å². The second-order valence-corrected chi connectivity index (χ2v) is 5.16. The van der Waals surface area contributed by atoms with Gasteiger partial charge in [-0.2, -0.15) is 0 Å². The van der Waals surface area contributed by atoms with E-state index in [2.05, 4.69) is 5.32 Å². The van der Waals surface area contributed by atoms with Gasteiger partial charge in [-0.3, -0.25) is 4.79 Å². The molecule has 0 radical (unpaired) electrons. The molecule has 3 nitrogen and oxygen atoms in total. The van der Waals surface area contributed by atoms with Gasteiger partial charge < -0.3 is 10.2 Å². The lowest BCUT2D eigenvalue weighted by molar-refractivity contribution is 0.0691. The molecule has 1 heterocycles. The SMILES string of the molecule is CNCC1CCN(C(=O)c2cccc(C)c2)CC1.Cl. The Labute approximate surface area is 121 Å². The molecule has 1 N–H and O–H groups in total. The molecule has 2 rings (SSSR count). The van der Waals surface area contributed by atoms with Crippen molar-refractivity contribution >= 4 is 18.3 Å². The number of carbonyl (C=O) groups is 1. The summed E-state index contributed by atoms with van der Waals surface area (Å²) in [5.41, 5.74) is 1.97. The van der Waals surface area contributed by atoms with Crippen molar-refractivity contribution in [3.05, 3.63) is 35.4 Å². The fraction of sp³-hybridized carbons (Fsp3) is 0.533. The number of piperidine rings is 1. The smallest absolute Gasteiger partial charge is 0.253 e. The lowest BCUT2D eigenvalue weighted by Gasteiger charge is -2.32. The van der Waals surface area contributed by atoms with Crippen LogP contribution in [0.1, 0.15) is 28.8 Å². The summed E-state index contributed by atoms with van der Waals surface area (Å²) in [6.45, 7) is 4.86. The van der Waals surface area contributed by atoms with Crippen LogP contribution in [-0.4, -0.2) is 37.5 Å². The average Bonchev–Trinajstić information content (AvgIpc) is 2.39. The topological polar surface area (TPSA) is 32.3 Å². The molecule has 0 bridgehead atoms. The summed E-state index contributed by atoms with van der Waals surface area (Å²) >= 11 is 0. The molecule has 1 amide bonds. The average molecular weight is 283 g/mol. The predicted octanol–water partition coefficient (Wildman–Crippen LogP) is 2.49. The van der Waals surface area contributed by atoms with Crippen LogP contribution in [0, 0.1) is 12.8 Å². The van der Waals surface area contributed by atoms with Crippen molar-refractivity contribution in [2.45, 2.75) is 19.8 Å². The van der Waals surface area contributed by atoms with Crippen molar-refractivity contribution in [3.63, 3.8) is 0 Å². The number of amides is 1. The molecule has 19 heavy (non-hydrogen) atoms. The van der Waals surface area contributed by atoms with Crippen molar-refractivity contribution in [2.75, 3.05) is 26.7 Å². The summed E-state index contributed by atoms with van der Waals surface area (Å²) in [6, 6.07) is 7.86. The molecule has 1 aliphatic heterocycles. The van der Waals surface area contributed by atoms with Crippen molar-refractivity contribution in [1.29, 1.82) is 0 Å². The van der Waals surface area contributed by atoms with E-state index in [1.807, 2.05) is 43.1 Å². The van der Waals surface area contributed by atoms with E-state index < -0.39 is 0 Å². The minimum Gasteiger partial charge on any atom is -0.339 e. The van der Waals surface area contributed by atoms with Gasteiger partial charge in [0.1, 0.15) is 0 Å². The Balaban J connectivity index is 0.00000180. The fourth-order valence-corrected chi connectivity index (χ4v) is 2.59. The van der Waals surface area contributed by atoms with Crippen LogP contribution in [0.3, 0.4) is 0 Å². The molecule has 0 aromatic heterocycles. The number of nitrogens with zero attached hydrogens (tertiary/aromatic N) is 1. The van der Waals surface area contributed by atoms with Gasteiger partial charge in [0, 0.05) is 18.7 Å². The fourth-order valence-electron chi connectivity index (χ4n) is 2.59. The number of halogens is 1. The first kappa shape index (κ1) is 16.0. The lowest BCUT2D eigenvalue weighted by Crippen LogP contribution is -2.40. The molecule has 1 fully saturated rings. The molecule has 106 valence electrons. The third kappa shape index (κ3) is 4.22. The van der Waals surface area contributed by atoms with E-state index in [1.165, 1.54) is 0 Å². The highest BCUT2D eigenvalue weighted by Gasteiger charge is 2.23. The first-order chi connectivity index (χ1) is 8.70. The molecule has 0 saturated carbocycles. The summed E-state index contributed by atoms with van der Waals surface area (Å²) in [6.07, 6.45) is 2.22. The molecular formula is C15H23ClN2O. The van der Waals surface area contributed by atoms with Crippen LogP contribution < -0.4 is 5.32 Å². The van der Waals surface area contributed by atoms with Gasteiger partial charge in [-0.15, -0.1) is 12.4 Å². The molecule has 0 unspecified atom stereocenters. The Morgan fingerprint density at radius 3 is 2.63 bits per heavy atom. The normalized spacial score (nSPS) is 16.0. The summed E-state index contributed by atoms with van der Waals surface area (Å²) in [7, 11) is 1.99. The van der Waals surface area contributed by atoms with Crippen LogP contribution >= 0.6 is 12.4 Å². The van der Waals surface area contributed by atoms with Gasteiger partial charge >= 0.3 is 0 Å². The Kier molecular flexibility index (Phi) is 6.32. The van der Waals surface area contributed by atoms with E-state index in [9.17, 15) is 4.79 Å². The zero-order chi connectivity index (χ0) is 13.0. The number of rotatable bonds is 3. The maximum absolute atomic E-state index is 12.3. The van der Waals surface area contributed by atoms with Gasteiger partial charge in [0.15, 0.2) is 0 Å². The maximum Gasteiger partial charge on any atom is 0.253 e. The lowest BCUT2D eigenvalue weighted by atomic mass is 9.96. The Hall–Kier alpha value is -1.06. The quantitative estimate of drug-likeness (QED) is 0.924. The van der Waals surface area contributed by atoms with Gasteiger partial charge in [-0.25, -0.2) is 0 Å². The molecule has 4 heteroatoms. The van der Waals surface area contributed by atoms with E-state index in [0.717, 1.165) is 49.5 Å². The third-order valence-corrected chi connectivity index (χ3v) is 3.66. The number of benzene rings is 1. The first-order valence-electron chi connectivity index (χ1n) is 6.71. The maximum atomic E-state index is 12.3. The van der Waals surface area contributed by atoms with Crippen LogP contribution in [0.4, 0.5) is 0 Å². The Morgan fingerprint density at radius 1 is 1.37 bits per heavy atom. The highest BCUT2D eigenvalue weighted by molar-refractivity contribution is 5.94. The second-order valence-electron chi connectivity index (χ2n) is 5.16. The van der Waals surface area contributed by atoms with Gasteiger partial charge in [-0.1, -0.05) is 17.7 Å². The molecule has 1 aliphatic rings. The van der Waals surface area contributed by atoms with Gasteiger partial charge in [0.25, 0.3) is 5.91 Å². The number of likely N-dealkylation sites (tertiary alicyclic amines) is 1.